The van der Waals surface area contributed by atoms with Gasteiger partial charge in [-0.3, -0.25) is 0 Å². The predicted octanol–water partition coefficient (Wildman–Crippen LogP) is 3.99. The highest BCUT2D eigenvalue weighted by Gasteiger charge is 2.29. The third kappa shape index (κ3) is 2.56. The summed E-state index contributed by atoms with van der Waals surface area (Å²) in [7, 11) is 1.51. The largest absolute Gasteiger partial charge is 0.504 e. The van der Waals surface area contributed by atoms with E-state index in [0.717, 1.165) is 27.7 Å². The van der Waals surface area contributed by atoms with Crippen molar-refractivity contribution in [3.63, 3.8) is 0 Å². The van der Waals surface area contributed by atoms with Crippen LogP contribution in [0.3, 0.4) is 0 Å². The van der Waals surface area contributed by atoms with E-state index in [9.17, 15) is 5.11 Å². The Balaban J connectivity index is 2.07. The van der Waals surface area contributed by atoms with E-state index >= 15 is 0 Å². The number of halogens is 2. The molecular weight excluding hydrogens is 391 g/mol. The first-order chi connectivity index (χ1) is 9.60. The van der Waals surface area contributed by atoms with Gasteiger partial charge in [-0.25, -0.2) is 9.97 Å². The lowest BCUT2D eigenvalue weighted by molar-refractivity contribution is 0.373. The second-order valence-corrected chi connectivity index (χ2v) is 6.13. The molecule has 0 atom stereocenters. The minimum atomic E-state index is 0.0660. The van der Waals surface area contributed by atoms with Crippen molar-refractivity contribution in [3.8, 4) is 22.9 Å². The lowest BCUT2D eigenvalue weighted by atomic mass is 10.1. The Kier molecular flexibility index (Phi) is 3.72. The van der Waals surface area contributed by atoms with Crippen molar-refractivity contribution in [1.29, 1.82) is 0 Å². The van der Waals surface area contributed by atoms with Crippen LogP contribution in [0.5, 0.6) is 11.5 Å². The van der Waals surface area contributed by atoms with Crippen LogP contribution in [0.4, 0.5) is 0 Å². The third-order valence-corrected chi connectivity index (χ3v) is 4.89. The number of hydrogen-bond donors (Lipinski definition) is 1. The zero-order chi connectivity index (χ0) is 14.3. The molecule has 1 N–H and O–H groups in total. The van der Waals surface area contributed by atoms with Gasteiger partial charge in [-0.2, -0.15) is 0 Å². The highest BCUT2D eigenvalue weighted by atomic mass is 127. The smallest absolute Gasteiger partial charge is 0.161 e. The van der Waals surface area contributed by atoms with Gasteiger partial charge in [0.15, 0.2) is 17.3 Å². The Morgan fingerprint density at radius 1 is 1.35 bits per heavy atom. The molecule has 0 spiro atoms. The Morgan fingerprint density at radius 3 is 2.70 bits per heavy atom. The fourth-order valence-corrected chi connectivity index (χ4v) is 2.88. The van der Waals surface area contributed by atoms with E-state index < -0.39 is 0 Å². The summed E-state index contributed by atoms with van der Waals surface area (Å²) >= 11 is 8.38. The van der Waals surface area contributed by atoms with E-state index in [-0.39, 0.29) is 5.75 Å². The molecule has 2 aromatic rings. The number of aromatic hydroxyl groups is 1. The number of phenols is 1. The molecule has 1 fully saturated rings. The Hall–Kier alpha value is -1.08. The first-order valence-corrected chi connectivity index (χ1v) is 7.66. The second-order valence-electron chi connectivity index (χ2n) is 4.70. The lowest BCUT2D eigenvalue weighted by Crippen LogP contribution is -1.99. The van der Waals surface area contributed by atoms with E-state index in [2.05, 4.69) is 32.6 Å². The van der Waals surface area contributed by atoms with Gasteiger partial charge in [-0.15, -0.1) is 0 Å². The molecule has 3 rings (SSSR count). The predicted molar refractivity (Wildman–Crippen MR) is 85.4 cm³/mol. The molecule has 6 heteroatoms. The molecule has 0 aliphatic heterocycles. The molecule has 1 aromatic carbocycles. The van der Waals surface area contributed by atoms with Crippen LogP contribution in [-0.2, 0) is 0 Å². The van der Waals surface area contributed by atoms with Gasteiger partial charge in [0.05, 0.1) is 16.4 Å². The molecule has 0 radical (unpaired) electrons. The van der Waals surface area contributed by atoms with E-state index in [0.29, 0.717) is 22.6 Å². The molecule has 0 amide bonds. The van der Waals surface area contributed by atoms with Gasteiger partial charge in [0.25, 0.3) is 0 Å². The van der Waals surface area contributed by atoms with Gasteiger partial charge >= 0.3 is 0 Å². The van der Waals surface area contributed by atoms with Crippen LogP contribution in [0.25, 0.3) is 11.4 Å². The van der Waals surface area contributed by atoms with Crippen molar-refractivity contribution in [2.75, 3.05) is 7.11 Å². The number of phenolic OH excluding ortho intramolecular Hbond substituents is 1. The summed E-state index contributed by atoms with van der Waals surface area (Å²) in [6, 6.07) is 5.10. The molecule has 0 bridgehead atoms. The van der Waals surface area contributed by atoms with Crippen molar-refractivity contribution >= 4 is 34.2 Å². The van der Waals surface area contributed by atoms with Crippen LogP contribution in [0.2, 0.25) is 5.15 Å². The van der Waals surface area contributed by atoms with Gasteiger partial charge in [-0.1, -0.05) is 11.6 Å². The van der Waals surface area contributed by atoms with Crippen molar-refractivity contribution < 1.29 is 9.84 Å². The first kappa shape index (κ1) is 13.9. The molecule has 1 aliphatic rings. The summed E-state index contributed by atoms with van der Waals surface area (Å²) in [6.07, 6.45) is 2.30. The van der Waals surface area contributed by atoms with Crippen LogP contribution in [0.15, 0.2) is 18.2 Å². The monoisotopic (exact) mass is 402 g/mol. The summed E-state index contributed by atoms with van der Waals surface area (Å²) in [5.74, 6) is 1.52. The average molecular weight is 403 g/mol. The van der Waals surface area contributed by atoms with Crippen molar-refractivity contribution in [2.45, 2.75) is 18.8 Å². The van der Waals surface area contributed by atoms with E-state index in [1.807, 2.05) is 6.07 Å². The van der Waals surface area contributed by atoms with Crippen LogP contribution in [0, 0.1) is 3.57 Å². The fourth-order valence-electron chi connectivity index (χ4n) is 2.02. The highest BCUT2D eigenvalue weighted by Crippen LogP contribution is 2.43. The normalized spacial score (nSPS) is 14.3. The second kappa shape index (κ2) is 5.37. The van der Waals surface area contributed by atoms with Crippen molar-refractivity contribution in [1.82, 2.24) is 9.97 Å². The molecule has 1 aromatic heterocycles. The number of rotatable bonds is 3. The van der Waals surface area contributed by atoms with E-state index in [4.69, 9.17) is 16.3 Å². The van der Waals surface area contributed by atoms with Crippen LogP contribution in [-0.4, -0.2) is 22.2 Å². The number of methoxy groups -OCH3 is 1. The molecule has 20 heavy (non-hydrogen) atoms. The molecule has 1 heterocycles. The Labute approximate surface area is 135 Å². The van der Waals surface area contributed by atoms with Gasteiger partial charge in [0.2, 0.25) is 0 Å². The summed E-state index contributed by atoms with van der Waals surface area (Å²) in [5.41, 5.74) is 1.74. The molecular formula is C14H12ClIN2O2. The molecule has 1 saturated carbocycles. The summed E-state index contributed by atoms with van der Waals surface area (Å²) in [6.45, 7) is 0. The first-order valence-electron chi connectivity index (χ1n) is 6.20. The number of ether oxygens (including phenoxy) is 1. The zero-order valence-corrected chi connectivity index (χ0v) is 13.6. The Morgan fingerprint density at radius 2 is 2.10 bits per heavy atom. The SMILES string of the molecule is COc1ccc(-c2nc(Cl)c(I)c(C3CC3)n2)cc1O. The average Bonchev–Trinajstić information content (AvgIpc) is 3.26. The standard InChI is InChI=1S/C14H12ClIN2O2/c1-20-10-5-4-8(6-9(10)19)14-17-12(7-2-3-7)11(16)13(15)18-14/h4-7,19H,2-3H2,1H3. The number of benzene rings is 1. The van der Waals surface area contributed by atoms with Crippen LogP contribution in [0.1, 0.15) is 24.5 Å². The van der Waals surface area contributed by atoms with E-state index in [1.165, 1.54) is 7.11 Å². The minimum absolute atomic E-state index is 0.0660. The van der Waals surface area contributed by atoms with Crippen LogP contribution >= 0.6 is 34.2 Å². The molecule has 104 valence electrons. The van der Waals surface area contributed by atoms with Gasteiger partial charge < -0.3 is 9.84 Å². The minimum Gasteiger partial charge on any atom is -0.504 e. The molecule has 0 saturated heterocycles. The van der Waals surface area contributed by atoms with Crippen LogP contribution < -0.4 is 4.74 Å². The van der Waals surface area contributed by atoms with Gasteiger partial charge in [-0.05, 0) is 53.6 Å². The van der Waals surface area contributed by atoms with Crippen molar-refractivity contribution in [3.05, 3.63) is 32.6 Å². The van der Waals surface area contributed by atoms with Gasteiger partial charge in [0, 0.05) is 11.5 Å². The maximum Gasteiger partial charge on any atom is 0.161 e. The summed E-state index contributed by atoms with van der Waals surface area (Å²) in [5, 5.41) is 10.3. The van der Waals surface area contributed by atoms with Gasteiger partial charge in [0.1, 0.15) is 5.15 Å². The third-order valence-electron chi connectivity index (χ3n) is 3.24. The lowest BCUT2D eigenvalue weighted by Gasteiger charge is -2.09. The number of hydrogen-bond acceptors (Lipinski definition) is 4. The molecule has 4 nitrogen and oxygen atoms in total. The Bertz CT molecular complexity index is 674. The zero-order valence-electron chi connectivity index (χ0n) is 10.7. The molecule has 1 aliphatic carbocycles. The summed E-state index contributed by atoms with van der Waals surface area (Å²) in [4.78, 5) is 8.91. The number of nitrogens with zero attached hydrogens (tertiary/aromatic N) is 2. The fraction of sp³-hybridized carbons (Fsp3) is 0.286. The van der Waals surface area contributed by atoms with E-state index in [1.54, 1.807) is 12.1 Å². The number of aromatic nitrogens is 2. The maximum atomic E-state index is 9.85. The topological polar surface area (TPSA) is 55.2 Å². The highest BCUT2D eigenvalue weighted by molar-refractivity contribution is 14.1. The quantitative estimate of drug-likeness (QED) is 0.623. The maximum absolute atomic E-state index is 9.85. The van der Waals surface area contributed by atoms with Crippen molar-refractivity contribution in [2.24, 2.45) is 0 Å². The molecule has 0 unspecified atom stereocenters. The summed E-state index contributed by atoms with van der Waals surface area (Å²) < 4.78 is 5.96.